The molecule has 0 bridgehead atoms. The van der Waals surface area contributed by atoms with Crippen molar-refractivity contribution < 1.29 is 14.4 Å². The van der Waals surface area contributed by atoms with E-state index in [0.29, 0.717) is 34.4 Å². The van der Waals surface area contributed by atoms with Crippen LogP contribution in [0.5, 0.6) is 0 Å². The maximum absolute atomic E-state index is 12.9. The van der Waals surface area contributed by atoms with Crippen molar-refractivity contribution in [3.8, 4) is 11.3 Å². The molecule has 0 saturated heterocycles. The van der Waals surface area contributed by atoms with Gasteiger partial charge in [-0.25, -0.2) is 0 Å². The number of H-pyrrole nitrogens is 1. The van der Waals surface area contributed by atoms with Gasteiger partial charge in [-0.1, -0.05) is 11.4 Å². The number of aliphatic hydroxyl groups is 1. The summed E-state index contributed by atoms with van der Waals surface area (Å²) in [6, 6.07) is 2.87. The topological polar surface area (TPSA) is 168 Å². The predicted molar refractivity (Wildman–Crippen MR) is 131 cm³/mol. The van der Waals surface area contributed by atoms with Gasteiger partial charge in [0, 0.05) is 57.9 Å². The Morgan fingerprint density at radius 1 is 1.47 bits per heavy atom. The molecule has 0 unspecified atom stereocenters. The molecule has 0 aromatic carbocycles. The molecular weight excluding hydrogens is 443 g/mol. The number of nitrogens with two attached hydrogens (primary N) is 2. The summed E-state index contributed by atoms with van der Waals surface area (Å²) < 4.78 is 14.2. The average Bonchev–Trinajstić information content (AvgIpc) is 3.15. The number of rotatable bonds is 8. The number of halogens is 1. The van der Waals surface area contributed by atoms with Gasteiger partial charge in [0.1, 0.15) is 5.84 Å². The third kappa shape index (κ3) is 8.35. The van der Waals surface area contributed by atoms with Gasteiger partial charge < -0.3 is 27.0 Å². The first-order valence-electron chi connectivity index (χ1n) is 10.7. The maximum atomic E-state index is 12.9. The Labute approximate surface area is 198 Å². The summed E-state index contributed by atoms with van der Waals surface area (Å²) in [5, 5.41) is 14.5. The number of aliphatic imine (C=N–C) groups is 1. The second kappa shape index (κ2) is 13.8. The Bertz CT molecular complexity index is 1060. The number of aromatic amines is 1. The fraction of sp³-hybridized carbons (Fsp3) is 0.455. The summed E-state index contributed by atoms with van der Waals surface area (Å²) in [7, 11) is 4.26. The molecule has 0 saturated carbocycles. The van der Waals surface area contributed by atoms with Gasteiger partial charge in [-0.05, 0) is 37.8 Å². The number of aromatic nitrogens is 3. The lowest BCUT2D eigenvalue weighted by molar-refractivity contribution is 0.0343. The van der Waals surface area contributed by atoms with Gasteiger partial charge >= 0.3 is 0 Å². The van der Waals surface area contributed by atoms with Crippen LogP contribution in [0.15, 0.2) is 40.0 Å². The number of hydrogen-bond acceptors (Lipinski definition) is 7. The highest BCUT2D eigenvalue weighted by Crippen LogP contribution is 2.16. The van der Waals surface area contributed by atoms with Gasteiger partial charge in [0.05, 0.1) is 17.0 Å². The first kappa shape index (κ1) is 28.4. The van der Waals surface area contributed by atoms with Gasteiger partial charge in [0.15, 0.2) is 0 Å². The fourth-order valence-electron chi connectivity index (χ4n) is 2.96. The molecule has 0 radical (unpaired) electrons. The molecule has 0 aliphatic carbocycles. The van der Waals surface area contributed by atoms with E-state index >= 15 is 0 Å². The van der Waals surface area contributed by atoms with Gasteiger partial charge in [-0.2, -0.15) is 5.12 Å². The van der Waals surface area contributed by atoms with Crippen molar-refractivity contribution in [2.75, 3.05) is 27.2 Å². The second-order valence-corrected chi connectivity index (χ2v) is 7.76. The Morgan fingerprint density at radius 2 is 2.15 bits per heavy atom. The minimum Gasteiger partial charge on any atom is -0.403 e. The van der Waals surface area contributed by atoms with Gasteiger partial charge in [-0.15, -0.1) is 0 Å². The molecule has 12 heteroatoms. The number of nitrogens with one attached hydrogen (secondary N) is 2. The third-order valence-electron chi connectivity index (χ3n) is 4.84. The van der Waals surface area contributed by atoms with E-state index in [2.05, 4.69) is 27.3 Å². The van der Waals surface area contributed by atoms with E-state index in [1.165, 1.54) is 29.2 Å². The smallest absolute Gasteiger partial charge is 0.281 e. The zero-order valence-electron chi connectivity index (χ0n) is 20.3. The van der Waals surface area contributed by atoms with E-state index in [9.17, 15) is 14.1 Å². The Kier molecular flexibility index (Phi) is 11.5. The summed E-state index contributed by atoms with van der Waals surface area (Å²) in [6.07, 6.45) is 4.63. The van der Waals surface area contributed by atoms with Crippen LogP contribution < -0.4 is 22.3 Å². The molecule has 2 heterocycles. The molecule has 0 fully saturated rings. The average molecular weight is 479 g/mol. The van der Waals surface area contributed by atoms with Gasteiger partial charge in [0.2, 0.25) is 0 Å². The van der Waals surface area contributed by atoms with Crippen LogP contribution in [0, 0.1) is 12.8 Å². The number of hydrogen-bond donors (Lipinski definition) is 5. The molecule has 0 aliphatic rings. The van der Waals surface area contributed by atoms with Crippen LogP contribution in [-0.4, -0.2) is 64.0 Å². The number of aryl methyl sites for hydroxylation is 2. The van der Waals surface area contributed by atoms with E-state index in [0.717, 1.165) is 26.4 Å². The molecule has 2 aromatic rings. The number of pyridine rings is 1. The summed E-state index contributed by atoms with van der Waals surface area (Å²) in [5.41, 5.74) is 12.5. The minimum atomic E-state index is -0.779. The van der Waals surface area contributed by atoms with E-state index in [1.807, 2.05) is 0 Å². The van der Waals surface area contributed by atoms with Crippen molar-refractivity contribution >= 4 is 11.7 Å². The highest BCUT2D eigenvalue weighted by molar-refractivity contribution is 5.97. The molecule has 188 valence electrons. The molecule has 7 N–H and O–H groups in total. The van der Waals surface area contributed by atoms with Gasteiger partial charge in [-0.3, -0.25) is 24.2 Å². The molecule has 2 rings (SSSR count). The van der Waals surface area contributed by atoms with Crippen LogP contribution in [0.1, 0.15) is 35.8 Å². The first-order chi connectivity index (χ1) is 16.0. The lowest BCUT2D eigenvalue weighted by Crippen LogP contribution is -2.33. The van der Waals surface area contributed by atoms with Crippen molar-refractivity contribution in [1.82, 2.24) is 25.2 Å². The lowest BCUT2D eigenvalue weighted by atomic mass is 10.1. The highest BCUT2D eigenvalue weighted by Gasteiger charge is 2.16. The molecule has 0 aliphatic heterocycles. The van der Waals surface area contributed by atoms with Crippen molar-refractivity contribution in [1.29, 1.82) is 0 Å². The maximum Gasteiger partial charge on any atom is 0.281 e. The Balaban J connectivity index is 0.000000352. The normalized spacial score (nSPS) is 12.6. The van der Waals surface area contributed by atoms with Gasteiger partial charge in [0.25, 0.3) is 11.5 Å². The molecule has 1 amide bonds. The zero-order valence-corrected chi connectivity index (χ0v) is 20.3. The first-order valence-corrected chi connectivity index (χ1v) is 10.7. The number of aliphatic hydroxyl groups excluding tert-OH is 1. The number of amidine groups is 1. The van der Waals surface area contributed by atoms with Crippen LogP contribution in [0.4, 0.5) is 4.48 Å². The molecular formula is C22H35FN8O3. The monoisotopic (exact) mass is 478 g/mol. The lowest BCUT2D eigenvalue weighted by Gasteiger charge is -2.14. The summed E-state index contributed by atoms with van der Waals surface area (Å²) in [6.45, 7) is 4.80. The summed E-state index contributed by atoms with van der Waals surface area (Å²) in [4.78, 5) is 31.6. The zero-order chi connectivity index (χ0) is 25.8. The van der Waals surface area contributed by atoms with Crippen LogP contribution in [0.3, 0.4) is 0 Å². The quantitative estimate of drug-likeness (QED) is 0.212. The van der Waals surface area contributed by atoms with E-state index in [1.54, 1.807) is 21.0 Å². The third-order valence-corrected chi connectivity index (χ3v) is 4.84. The van der Waals surface area contributed by atoms with Crippen LogP contribution >= 0.6 is 0 Å². The predicted octanol–water partition coefficient (Wildman–Crippen LogP) is 0.812. The molecule has 1 atom stereocenters. The number of carbonyl (C=O) groups excluding carboxylic acids is 1. The van der Waals surface area contributed by atoms with Crippen LogP contribution in [-0.2, 0) is 7.05 Å². The number of carbonyl (C=O) groups is 1. The summed E-state index contributed by atoms with van der Waals surface area (Å²) in [5.74, 6) is 0.312. The van der Waals surface area contributed by atoms with Crippen molar-refractivity contribution in [2.45, 2.75) is 26.7 Å². The fourth-order valence-corrected chi connectivity index (χ4v) is 2.96. The van der Waals surface area contributed by atoms with E-state index in [-0.39, 0.29) is 22.9 Å². The van der Waals surface area contributed by atoms with Crippen molar-refractivity contribution in [3.63, 3.8) is 0 Å². The largest absolute Gasteiger partial charge is 0.403 e. The molecule has 0 spiro atoms. The standard InChI is InChI=1S/C12H13FN4O2.C10H22N4O/c1-7-4-8(11(18)16(2)13)5-10(15-7)9-6-14-17(3)12(9)19;1-8(4-3-5-15)7-14-10(13-2)9(12)6-11/h4-6,14H,1-3H3;6,8,15H,3-5,7,11-12H2,1-2H3,(H,13,14)/b;9-6+/t;8-/m.1/s1. The van der Waals surface area contributed by atoms with E-state index in [4.69, 9.17) is 16.6 Å². The molecule has 11 nitrogen and oxygen atoms in total. The Morgan fingerprint density at radius 3 is 2.65 bits per heavy atom. The SMILES string of the molecule is CN=C(NC[C@H](C)CCCO)/C(N)=C\N.Cc1cc(C(=O)N(C)F)cc(-c2c[nH]n(C)c2=O)n1. The van der Waals surface area contributed by atoms with Crippen LogP contribution in [0.25, 0.3) is 11.3 Å². The highest BCUT2D eigenvalue weighted by atomic mass is 19.2. The molecule has 34 heavy (non-hydrogen) atoms. The van der Waals surface area contributed by atoms with Crippen LogP contribution in [0.2, 0.25) is 0 Å². The van der Waals surface area contributed by atoms with Crippen molar-refractivity contribution in [2.24, 2.45) is 29.4 Å². The summed E-state index contributed by atoms with van der Waals surface area (Å²) >= 11 is 0. The Hall–Kier alpha value is -3.67. The minimum absolute atomic E-state index is 0.00617. The van der Waals surface area contributed by atoms with Crippen molar-refractivity contribution in [3.05, 3.63) is 51.8 Å². The molecule has 2 aromatic heterocycles. The second-order valence-electron chi connectivity index (χ2n) is 7.76. The van der Waals surface area contributed by atoms with E-state index < -0.39 is 5.91 Å². The number of amides is 1. The number of nitrogens with zero attached hydrogens (tertiary/aromatic N) is 4.